The molecule has 0 bridgehead atoms. The minimum Gasteiger partial charge on any atom is -0.493 e. The number of ether oxygens (including phenoxy) is 5. The Balaban J connectivity index is 1.66. The van der Waals surface area contributed by atoms with Gasteiger partial charge in [0.15, 0.2) is 23.0 Å². The highest BCUT2D eigenvalue weighted by atomic mass is 16.5. The highest BCUT2D eigenvalue weighted by molar-refractivity contribution is 5.78. The Morgan fingerprint density at radius 3 is 2.38 bits per heavy atom. The van der Waals surface area contributed by atoms with Crippen molar-refractivity contribution in [3.8, 4) is 23.0 Å². The number of rotatable bonds is 10. The van der Waals surface area contributed by atoms with Crippen LogP contribution in [0.3, 0.4) is 0 Å². The molecule has 3 atom stereocenters. The van der Waals surface area contributed by atoms with E-state index in [1.54, 1.807) is 21.3 Å². The molecule has 37 heavy (non-hydrogen) atoms. The van der Waals surface area contributed by atoms with Crippen molar-refractivity contribution in [1.29, 1.82) is 0 Å². The van der Waals surface area contributed by atoms with Crippen LogP contribution < -0.4 is 18.9 Å². The van der Waals surface area contributed by atoms with Gasteiger partial charge >= 0.3 is 5.97 Å². The van der Waals surface area contributed by atoms with E-state index < -0.39 is 0 Å². The highest BCUT2D eigenvalue weighted by Gasteiger charge is 2.47. The summed E-state index contributed by atoms with van der Waals surface area (Å²) in [7, 11) is 4.91. The summed E-state index contributed by atoms with van der Waals surface area (Å²) in [5.41, 5.74) is 5.81. The van der Waals surface area contributed by atoms with Crippen LogP contribution in [0.2, 0.25) is 0 Å². The first kappa shape index (κ1) is 26.6. The molecule has 198 valence electrons. The Morgan fingerprint density at radius 2 is 1.68 bits per heavy atom. The number of hydrogen-bond acceptors (Lipinski definition) is 6. The minimum atomic E-state index is -0.260. The molecule has 6 nitrogen and oxygen atoms in total. The molecule has 1 aliphatic carbocycles. The fourth-order valence-electron chi connectivity index (χ4n) is 5.41. The van der Waals surface area contributed by atoms with Gasteiger partial charge in [-0.2, -0.15) is 0 Å². The molecule has 1 aliphatic heterocycles. The van der Waals surface area contributed by atoms with Crippen LogP contribution in [0, 0.1) is 11.8 Å². The third kappa shape index (κ3) is 5.79. The molecule has 0 amide bonds. The van der Waals surface area contributed by atoms with Crippen molar-refractivity contribution < 1.29 is 28.5 Å². The predicted molar refractivity (Wildman–Crippen MR) is 144 cm³/mol. The third-order valence-electron chi connectivity index (χ3n) is 7.35. The molecule has 0 unspecified atom stereocenters. The van der Waals surface area contributed by atoms with E-state index in [4.69, 9.17) is 23.7 Å². The summed E-state index contributed by atoms with van der Waals surface area (Å²) in [6.07, 6.45) is 7.15. The molecular formula is C31H38O6. The molecule has 1 heterocycles. The maximum absolute atomic E-state index is 12.9. The quantitative estimate of drug-likeness (QED) is 0.280. The van der Waals surface area contributed by atoms with E-state index in [9.17, 15) is 4.79 Å². The Hall–Kier alpha value is -3.41. The Morgan fingerprint density at radius 1 is 0.946 bits per heavy atom. The highest BCUT2D eigenvalue weighted by Crippen LogP contribution is 2.50. The van der Waals surface area contributed by atoms with Crippen molar-refractivity contribution in [3.63, 3.8) is 0 Å². The van der Waals surface area contributed by atoms with E-state index in [2.05, 4.69) is 32.9 Å². The summed E-state index contributed by atoms with van der Waals surface area (Å²) in [4.78, 5) is 12.9. The summed E-state index contributed by atoms with van der Waals surface area (Å²) >= 11 is 0. The molecule has 0 aromatic heterocycles. The number of carbonyl (C=O) groups is 1. The van der Waals surface area contributed by atoms with Crippen LogP contribution in [0.15, 0.2) is 53.6 Å². The molecule has 0 radical (unpaired) electrons. The second kappa shape index (κ2) is 11.8. The number of esters is 1. The summed E-state index contributed by atoms with van der Waals surface area (Å²) < 4.78 is 28.5. The van der Waals surface area contributed by atoms with E-state index in [1.807, 2.05) is 30.3 Å². The van der Waals surface area contributed by atoms with Crippen LogP contribution >= 0.6 is 0 Å². The smallest absolute Gasteiger partial charge is 0.310 e. The molecule has 4 rings (SSSR count). The predicted octanol–water partition coefficient (Wildman–Crippen LogP) is 6.26. The fourth-order valence-corrected chi connectivity index (χ4v) is 5.41. The molecular weight excluding hydrogens is 468 g/mol. The van der Waals surface area contributed by atoms with Crippen molar-refractivity contribution >= 4 is 5.97 Å². The molecule has 2 aromatic rings. The van der Waals surface area contributed by atoms with Crippen molar-refractivity contribution in [3.05, 3.63) is 70.3 Å². The van der Waals surface area contributed by atoms with Crippen LogP contribution in [0.1, 0.15) is 56.2 Å². The second-order valence-electron chi connectivity index (χ2n) is 10.1. The lowest BCUT2D eigenvalue weighted by atomic mass is 9.67. The Kier molecular flexibility index (Phi) is 8.47. The normalized spacial score (nSPS) is 20.4. The van der Waals surface area contributed by atoms with Crippen LogP contribution in [0.4, 0.5) is 0 Å². The van der Waals surface area contributed by atoms with E-state index in [-0.39, 0.29) is 23.7 Å². The first-order chi connectivity index (χ1) is 17.9. The van der Waals surface area contributed by atoms with Crippen molar-refractivity contribution in [2.75, 3.05) is 34.5 Å². The second-order valence-corrected chi connectivity index (χ2v) is 10.1. The fraction of sp³-hybridized carbons (Fsp3) is 0.452. The molecule has 2 aromatic carbocycles. The lowest BCUT2D eigenvalue weighted by Crippen LogP contribution is -2.31. The van der Waals surface area contributed by atoms with Gasteiger partial charge in [-0.05, 0) is 87.1 Å². The van der Waals surface area contributed by atoms with Gasteiger partial charge in [-0.25, -0.2) is 0 Å². The van der Waals surface area contributed by atoms with Gasteiger partial charge in [0.05, 0.1) is 33.9 Å². The van der Waals surface area contributed by atoms with Gasteiger partial charge in [0, 0.05) is 11.8 Å². The summed E-state index contributed by atoms with van der Waals surface area (Å²) in [5.74, 6) is 2.17. The summed E-state index contributed by atoms with van der Waals surface area (Å²) in [5, 5.41) is 0. The van der Waals surface area contributed by atoms with Gasteiger partial charge in [-0.3, -0.25) is 4.79 Å². The maximum atomic E-state index is 12.9. The van der Waals surface area contributed by atoms with Crippen molar-refractivity contribution in [2.45, 2.75) is 46.0 Å². The number of methoxy groups -OCH3 is 3. The lowest BCUT2D eigenvalue weighted by molar-refractivity contribution is -0.141. The van der Waals surface area contributed by atoms with Crippen molar-refractivity contribution in [1.82, 2.24) is 0 Å². The Labute approximate surface area is 220 Å². The minimum absolute atomic E-state index is 0.112. The number of benzene rings is 2. The number of cyclic esters (lactones) is 1. The summed E-state index contributed by atoms with van der Waals surface area (Å²) in [6, 6.07) is 9.98. The van der Waals surface area contributed by atoms with Gasteiger partial charge in [-0.15, -0.1) is 0 Å². The standard InChI is InChI=1S/C31H38O6/c1-19(2)8-7-9-20(3)12-13-36-28-15-21(10-11-25(28)33-4)29-24-17-27(35-6)26(34-5)16-22(24)14-23-18-37-31(32)30(23)29/h8,10-12,15-17,23,29-30H,7,9,13-14,18H2,1-6H3/b20-12+/t23-,29-,30-/m0/s1. The molecule has 1 saturated heterocycles. The van der Waals surface area contributed by atoms with E-state index >= 15 is 0 Å². The van der Waals surface area contributed by atoms with Gasteiger partial charge in [0.2, 0.25) is 0 Å². The monoisotopic (exact) mass is 506 g/mol. The zero-order valence-corrected chi connectivity index (χ0v) is 22.8. The first-order valence-electron chi connectivity index (χ1n) is 12.9. The average molecular weight is 507 g/mol. The van der Waals surface area contributed by atoms with Crippen LogP contribution in [0.25, 0.3) is 0 Å². The number of carbonyl (C=O) groups excluding carboxylic acids is 1. The average Bonchev–Trinajstić information content (AvgIpc) is 3.26. The molecule has 0 spiro atoms. The van der Waals surface area contributed by atoms with Gasteiger partial charge in [-0.1, -0.05) is 23.3 Å². The zero-order chi connectivity index (χ0) is 26.5. The molecule has 6 heteroatoms. The maximum Gasteiger partial charge on any atom is 0.310 e. The van der Waals surface area contributed by atoms with Crippen LogP contribution in [-0.2, 0) is 16.0 Å². The molecule has 1 fully saturated rings. The zero-order valence-electron chi connectivity index (χ0n) is 22.8. The van der Waals surface area contributed by atoms with Crippen LogP contribution in [0.5, 0.6) is 23.0 Å². The largest absolute Gasteiger partial charge is 0.493 e. The van der Waals surface area contributed by atoms with E-state index in [0.29, 0.717) is 36.2 Å². The summed E-state index contributed by atoms with van der Waals surface area (Å²) in [6.45, 7) is 7.24. The Bertz CT molecular complexity index is 1190. The number of hydrogen-bond donors (Lipinski definition) is 0. The van der Waals surface area contributed by atoms with Crippen LogP contribution in [-0.4, -0.2) is 40.5 Å². The molecule has 0 saturated carbocycles. The molecule has 0 N–H and O–H groups in total. The van der Waals surface area contributed by atoms with Gasteiger partial charge in [0.1, 0.15) is 6.61 Å². The van der Waals surface area contributed by atoms with Gasteiger partial charge < -0.3 is 23.7 Å². The van der Waals surface area contributed by atoms with E-state index in [1.165, 1.54) is 11.1 Å². The van der Waals surface area contributed by atoms with Crippen molar-refractivity contribution in [2.24, 2.45) is 11.8 Å². The number of allylic oxidation sites excluding steroid dienone is 3. The SMILES string of the molecule is COc1cc2c(cc1OC)[C@H](c1ccc(OC)c(OC/C=C(\C)CCC=C(C)C)c1)[C@H]1C(=O)OC[C@@H]1C2. The van der Waals surface area contributed by atoms with Gasteiger partial charge in [0.25, 0.3) is 0 Å². The molecule has 2 aliphatic rings. The van der Waals surface area contributed by atoms with E-state index in [0.717, 1.165) is 36.0 Å². The number of fused-ring (bicyclic) bond motifs is 2. The lowest BCUT2D eigenvalue weighted by Gasteiger charge is -2.34. The third-order valence-corrected chi connectivity index (χ3v) is 7.35. The topological polar surface area (TPSA) is 63.2 Å². The first-order valence-corrected chi connectivity index (χ1v) is 12.9.